The van der Waals surface area contributed by atoms with Crippen LogP contribution in [0.25, 0.3) is 0 Å². The lowest BCUT2D eigenvalue weighted by molar-refractivity contribution is 0.0631. The van der Waals surface area contributed by atoms with Crippen LogP contribution < -0.4 is 9.47 Å². The molecule has 4 nitrogen and oxygen atoms in total. The molecule has 0 saturated carbocycles. The third kappa shape index (κ3) is 1.55. The van der Waals surface area contributed by atoms with Gasteiger partial charge in [-0.1, -0.05) is 18.2 Å². The molecule has 0 aliphatic carbocycles. The fraction of sp³-hybridized carbons (Fsp3) is 0.278. The van der Waals surface area contributed by atoms with E-state index in [0.717, 1.165) is 42.0 Å². The second-order valence-corrected chi connectivity index (χ2v) is 6.03. The predicted octanol–water partition coefficient (Wildman–Crippen LogP) is 2.71. The first-order chi connectivity index (χ1) is 10.8. The van der Waals surface area contributed by atoms with Crippen molar-refractivity contribution in [3.8, 4) is 11.5 Å². The Morgan fingerprint density at radius 1 is 1.05 bits per heavy atom. The Kier molecular flexibility index (Phi) is 2.34. The summed E-state index contributed by atoms with van der Waals surface area (Å²) in [5, 5.41) is 0. The molecule has 2 aromatic carbocycles. The SMILES string of the molecule is O=C1c2ccccc2C[C@H]2c3cc4c(cc3CCN12)OCO4. The zero-order valence-electron chi connectivity index (χ0n) is 12.0. The van der Waals surface area contributed by atoms with Crippen molar-refractivity contribution in [1.29, 1.82) is 0 Å². The molecule has 110 valence electrons. The van der Waals surface area contributed by atoms with Crippen molar-refractivity contribution in [3.63, 3.8) is 0 Å². The first-order valence-corrected chi connectivity index (χ1v) is 7.62. The average molecular weight is 293 g/mol. The van der Waals surface area contributed by atoms with Gasteiger partial charge in [0.25, 0.3) is 5.91 Å². The highest BCUT2D eigenvalue weighted by Crippen LogP contribution is 2.43. The highest BCUT2D eigenvalue weighted by Gasteiger charge is 2.37. The highest BCUT2D eigenvalue weighted by atomic mass is 16.7. The second-order valence-electron chi connectivity index (χ2n) is 6.03. The molecule has 0 N–H and O–H groups in total. The Morgan fingerprint density at radius 3 is 2.77 bits per heavy atom. The molecule has 3 aliphatic rings. The highest BCUT2D eigenvalue weighted by molar-refractivity contribution is 5.97. The van der Waals surface area contributed by atoms with Crippen molar-refractivity contribution in [2.45, 2.75) is 18.9 Å². The predicted molar refractivity (Wildman–Crippen MR) is 80.2 cm³/mol. The third-order valence-corrected chi connectivity index (χ3v) is 4.91. The van der Waals surface area contributed by atoms with Gasteiger partial charge in [-0.3, -0.25) is 4.79 Å². The smallest absolute Gasteiger partial charge is 0.254 e. The zero-order chi connectivity index (χ0) is 14.7. The largest absolute Gasteiger partial charge is 0.454 e. The number of carbonyl (C=O) groups is 1. The Hall–Kier alpha value is -2.49. The summed E-state index contributed by atoms with van der Waals surface area (Å²) in [6.07, 6.45) is 1.74. The maximum absolute atomic E-state index is 12.8. The van der Waals surface area contributed by atoms with E-state index < -0.39 is 0 Å². The number of carbonyl (C=O) groups excluding carboxylic acids is 1. The molecule has 5 rings (SSSR count). The van der Waals surface area contributed by atoms with Crippen molar-refractivity contribution >= 4 is 5.91 Å². The van der Waals surface area contributed by atoms with Crippen molar-refractivity contribution in [2.24, 2.45) is 0 Å². The van der Waals surface area contributed by atoms with E-state index in [2.05, 4.69) is 18.2 Å². The molecule has 0 fully saturated rings. The Labute approximate surface area is 128 Å². The fourth-order valence-electron chi connectivity index (χ4n) is 3.82. The molecule has 3 heterocycles. The molecule has 4 heteroatoms. The van der Waals surface area contributed by atoms with Gasteiger partial charge < -0.3 is 14.4 Å². The maximum Gasteiger partial charge on any atom is 0.254 e. The molecular formula is C18H15NO3. The minimum absolute atomic E-state index is 0.112. The second kappa shape index (κ2) is 4.26. The average Bonchev–Trinajstić information content (AvgIpc) is 3.00. The number of hydrogen-bond donors (Lipinski definition) is 0. The van der Waals surface area contributed by atoms with Crippen LogP contribution in [-0.4, -0.2) is 24.1 Å². The molecule has 0 unspecified atom stereocenters. The minimum atomic E-state index is 0.112. The van der Waals surface area contributed by atoms with Gasteiger partial charge in [-0.05, 0) is 47.7 Å². The van der Waals surface area contributed by atoms with Gasteiger partial charge in [0, 0.05) is 12.1 Å². The first kappa shape index (κ1) is 12.1. The van der Waals surface area contributed by atoms with E-state index in [1.807, 2.05) is 23.1 Å². The molecule has 0 saturated heterocycles. The lowest BCUT2D eigenvalue weighted by atomic mass is 9.83. The Balaban J connectivity index is 1.65. The fourth-order valence-corrected chi connectivity index (χ4v) is 3.82. The molecule has 2 aromatic rings. The molecule has 0 aromatic heterocycles. The van der Waals surface area contributed by atoms with E-state index in [1.165, 1.54) is 11.1 Å². The van der Waals surface area contributed by atoms with Gasteiger partial charge in [0.2, 0.25) is 6.79 Å². The first-order valence-electron chi connectivity index (χ1n) is 7.62. The molecule has 0 radical (unpaired) electrons. The molecule has 0 spiro atoms. The summed E-state index contributed by atoms with van der Waals surface area (Å²) < 4.78 is 11.0. The van der Waals surface area contributed by atoms with Crippen molar-refractivity contribution < 1.29 is 14.3 Å². The molecule has 3 aliphatic heterocycles. The number of nitrogens with zero attached hydrogens (tertiary/aromatic N) is 1. The van der Waals surface area contributed by atoms with E-state index in [0.29, 0.717) is 0 Å². The summed E-state index contributed by atoms with van der Waals surface area (Å²) in [7, 11) is 0. The van der Waals surface area contributed by atoms with Crippen LogP contribution in [0.1, 0.15) is 33.1 Å². The lowest BCUT2D eigenvalue weighted by Crippen LogP contribution is -2.44. The van der Waals surface area contributed by atoms with Gasteiger partial charge >= 0.3 is 0 Å². The van der Waals surface area contributed by atoms with Crippen molar-refractivity contribution in [2.75, 3.05) is 13.3 Å². The Morgan fingerprint density at radius 2 is 1.86 bits per heavy atom. The molecule has 1 atom stereocenters. The Bertz CT molecular complexity index is 799. The zero-order valence-corrected chi connectivity index (χ0v) is 12.0. The number of hydrogen-bond acceptors (Lipinski definition) is 3. The van der Waals surface area contributed by atoms with Crippen LogP contribution in [0.2, 0.25) is 0 Å². The van der Waals surface area contributed by atoms with Gasteiger partial charge in [-0.15, -0.1) is 0 Å². The van der Waals surface area contributed by atoms with Crippen molar-refractivity contribution in [3.05, 3.63) is 58.7 Å². The quantitative estimate of drug-likeness (QED) is 0.749. The van der Waals surface area contributed by atoms with Crippen molar-refractivity contribution in [1.82, 2.24) is 4.90 Å². The van der Waals surface area contributed by atoms with Crippen LogP contribution in [0.4, 0.5) is 0 Å². The molecular weight excluding hydrogens is 278 g/mol. The van der Waals surface area contributed by atoms with E-state index in [9.17, 15) is 4.79 Å². The summed E-state index contributed by atoms with van der Waals surface area (Å²) in [5.74, 6) is 1.77. The van der Waals surface area contributed by atoms with E-state index in [4.69, 9.17) is 9.47 Å². The summed E-state index contributed by atoms with van der Waals surface area (Å²) in [4.78, 5) is 14.8. The van der Waals surface area contributed by atoms with Gasteiger partial charge in [-0.2, -0.15) is 0 Å². The van der Waals surface area contributed by atoms with Gasteiger partial charge in [0.15, 0.2) is 11.5 Å². The number of rotatable bonds is 0. The van der Waals surface area contributed by atoms with Crippen LogP contribution in [0.3, 0.4) is 0 Å². The number of ether oxygens (including phenoxy) is 2. The van der Waals surface area contributed by atoms with Gasteiger partial charge in [-0.25, -0.2) is 0 Å². The number of amides is 1. The lowest BCUT2D eigenvalue weighted by Gasteiger charge is -2.41. The molecule has 0 bridgehead atoms. The van der Waals surface area contributed by atoms with E-state index >= 15 is 0 Å². The molecule has 1 amide bonds. The summed E-state index contributed by atoms with van der Waals surface area (Å²) in [5.41, 5.74) is 4.47. The monoisotopic (exact) mass is 293 g/mol. The van der Waals surface area contributed by atoms with Crippen LogP contribution in [-0.2, 0) is 12.8 Å². The van der Waals surface area contributed by atoms with Crippen LogP contribution in [0.5, 0.6) is 11.5 Å². The molecule has 22 heavy (non-hydrogen) atoms. The van der Waals surface area contributed by atoms with Gasteiger partial charge in [0.05, 0.1) is 6.04 Å². The van der Waals surface area contributed by atoms with Crippen LogP contribution in [0, 0.1) is 0 Å². The summed E-state index contributed by atoms with van der Waals surface area (Å²) in [6.45, 7) is 1.05. The number of benzene rings is 2. The van der Waals surface area contributed by atoms with Crippen LogP contribution >= 0.6 is 0 Å². The van der Waals surface area contributed by atoms with E-state index in [-0.39, 0.29) is 18.7 Å². The van der Waals surface area contributed by atoms with Gasteiger partial charge in [0.1, 0.15) is 0 Å². The van der Waals surface area contributed by atoms with Crippen LogP contribution in [0.15, 0.2) is 36.4 Å². The third-order valence-electron chi connectivity index (χ3n) is 4.91. The standard InChI is InChI=1S/C18H15NO3/c20-18-13-4-2-1-3-11(13)7-15-14-9-17-16(21-10-22-17)8-12(14)5-6-19(15)18/h1-4,8-9,15H,5-7,10H2/t15-/m0/s1. The summed E-state index contributed by atoms with van der Waals surface area (Å²) >= 11 is 0. The number of fused-ring (bicyclic) bond motifs is 5. The maximum atomic E-state index is 12.8. The topological polar surface area (TPSA) is 38.8 Å². The van der Waals surface area contributed by atoms with E-state index in [1.54, 1.807) is 0 Å². The minimum Gasteiger partial charge on any atom is -0.454 e. The normalized spacial score (nSPS) is 21.2. The summed E-state index contributed by atoms with van der Waals surface area (Å²) in [6, 6.07) is 12.2.